The van der Waals surface area contributed by atoms with Crippen LogP contribution in [-0.2, 0) is 9.53 Å². The molecule has 3 rings (SSSR count). The molecule has 2 aliphatic rings. The number of nitrogens with one attached hydrogen (secondary N) is 3. The zero-order valence-electron chi connectivity index (χ0n) is 15.5. The number of hydrogen-bond donors (Lipinski definition) is 3. The van der Waals surface area contributed by atoms with E-state index >= 15 is 0 Å². The largest absolute Gasteiger partial charge is 0.446 e. The van der Waals surface area contributed by atoms with Crippen molar-refractivity contribution in [2.45, 2.75) is 64.5 Å². The fraction of sp³-hybridized carbons (Fsp3) is 0.632. The van der Waals surface area contributed by atoms with Crippen LogP contribution in [0.4, 0.5) is 10.6 Å². The molecule has 7 heteroatoms. The Morgan fingerprint density at radius 3 is 2.88 bits per heavy atom. The number of carbonyl (C=O) groups excluding carboxylic acids is 2. The van der Waals surface area contributed by atoms with Crippen LogP contribution in [-0.4, -0.2) is 34.3 Å². The molecule has 0 radical (unpaired) electrons. The molecule has 140 valence electrons. The van der Waals surface area contributed by atoms with Crippen molar-refractivity contribution < 1.29 is 14.3 Å². The predicted octanol–water partition coefficient (Wildman–Crippen LogP) is 2.78. The Hall–Kier alpha value is -2.49. The second-order valence-electron chi connectivity index (χ2n) is 7.38. The van der Waals surface area contributed by atoms with Crippen molar-refractivity contribution in [3.63, 3.8) is 0 Å². The monoisotopic (exact) mass is 358 g/mol. The molecule has 0 unspecified atom stereocenters. The first-order chi connectivity index (χ1) is 12.5. The van der Waals surface area contributed by atoms with Crippen LogP contribution in [0, 0.1) is 23.7 Å². The van der Waals surface area contributed by atoms with Crippen LogP contribution >= 0.6 is 0 Å². The summed E-state index contributed by atoms with van der Waals surface area (Å²) in [6.07, 6.45) is 2.89. The summed E-state index contributed by atoms with van der Waals surface area (Å²) >= 11 is 0. The van der Waals surface area contributed by atoms with Crippen LogP contribution in [0.15, 0.2) is 6.07 Å². The Bertz CT molecular complexity index is 731. The highest BCUT2D eigenvalue weighted by molar-refractivity contribution is 5.94. The summed E-state index contributed by atoms with van der Waals surface area (Å²) in [7, 11) is 0. The molecule has 2 amide bonds. The van der Waals surface area contributed by atoms with Gasteiger partial charge in [0.2, 0.25) is 5.91 Å². The summed E-state index contributed by atoms with van der Waals surface area (Å²) in [6.45, 7) is 5.59. The molecule has 4 atom stereocenters. The van der Waals surface area contributed by atoms with Crippen LogP contribution < -0.4 is 10.6 Å². The first-order valence-corrected chi connectivity index (χ1v) is 9.21. The molecule has 2 aliphatic carbocycles. The summed E-state index contributed by atoms with van der Waals surface area (Å²) in [5, 5.41) is 12.8. The van der Waals surface area contributed by atoms with E-state index in [1.807, 2.05) is 19.9 Å². The Balaban J connectivity index is 1.48. The molecule has 7 nitrogen and oxygen atoms in total. The van der Waals surface area contributed by atoms with E-state index in [9.17, 15) is 9.59 Å². The van der Waals surface area contributed by atoms with Gasteiger partial charge in [-0.05, 0) is 46.5 Å². The lowest BCUT2D eigenvalue weighted by Gasteiger charge is -2.14. The van der Waals surface area contributed by atoms with Crippen molar-refractivity contribution in [1.29, 1.82) is 0 Å². The first-order valence-electron chi connectivity index (χ1n) is 9.21. The normalized spacial score (nSPS) is 26.8. The van der Waals surface area contributed by atoms with Gasteiger partial charge in [0, 0.05) is 29.6 Å². The van der Waals surface area contributed by atoms with Gasteiger partial charge < -0.3 is 15.4 Å². The Labute approximate surface area is 153 Å². The summed E-state index contributed by atoms with van der Waals surface area (Å²) in [5.74, 6) is 6.83. The van der Waals surface area contributed by atoms with Gasteiger partial charge in [-0.2, -0.15) is 5.10 Å². The van der Waals surface area contributed by atoms with Crippen LogP contribution in [0.3, 0.4) is 0 Å². The zero-order chi connectivity index (χ0) is 18.7. The van der Waals surface area contributed by atoms with Crippen molar-refractivity contribution in [1.82, 2.24) is 15.5 Å². The minimum Gasteiger partial charge on any atom is -0.446 e. The quantitative estimate of drug-likeness (QED) is 0.705. The van der Waals surface area contributed by atoms with Crippen molar-refractivity contribution in [2.75, 3.05) is 5.32 Å². The lowest BCUT2D eigenvalue weighted by atomic mass is 10.0. The van der Waals surface area contributed by atoms with E-state index in [2.05, 4.69) is 32.7 Å². The summed E-state index contributed by atoms with van der Waals surface area (Å²) in [5.41, 5.74) is 0.969. The maximum absolute atomic E-state index is 12.2. The molecule has 0 saturated heterocycles. The van der Waals surface area contributed by atoms with Crippen LogP contribution in [0.25, 0.3) is 0 Å². The van der Waals surface area contributed by atoms with Gasteiger partial charge in [0.15, 0.2) is 5.82 Å². The third-order valence-corrected chi connectivity index (χ3v) is 4.81. The third-order valence-electron chi connectivity index (χ3n) is 4.81. The molecule has 0 spiro atoms. The molecule has 1 heterocycles. The van der Waals surface area contributed by atoms with Crippen molar-refractivity contribution in [2.24, 2.45) is 11.8 Å². The molecule has 1 aromatic heterocycles. The number of rotatable bonds is 5. The topological polar surface area (TPSA) is 96.1 Å². The molecular weight excluding hydrogens is 332 g/mol. The van der Waals surface area contributed by atoms with Gasteiger partial charge >= 0.3 is 6.09 Å². The van der Waals surface area contributed by atoms with Gasteiger partial charge in [0.25, 0.3) is 0 Å². The van der Waals surface area contributed by atoms with E-state index in [1.54, 1.807) is 6.92 Å². The summed E-state index contributed by atoms with van der Waals surface area (Å²) in [4.78, 5) is 23.9. The lowest BCUT2D eigenvalue weighted by molar-refractivity contribution is -0.117. The van der Waals surface area contributed by atoms with E-state index in [4.69, 9.17) is 4.74 Å². The highest BCUT2D eigenvalue weighted by Gasteiger charge is 2.42. The fourth-order valence-electron chi connectivity index (χ4n) is 3.41. The van der Waals surface area contributed by atoms with Crippen LogP contribution in [0.2, 0.25) is 0 Å². The number of anilines is 1. The maximum atomic E-state index is 12.2. The number of hydrogen-bond acceptors (Lipinski definition) is 4. The third kappa shape index (κ3) is 4.57. The zero-order valence-corrected chi connectivity index (χ0v) is 15.5. The van der Waals surface area contributed by atoms with Crippen LogP contribution in [0.5, 0.6) is 0 Å². The van der Waals surface area contributed by atoms with Gasteiger partial charge in [-0.1, -0.05) is 5.92 Å². The van der Waals surface area contributed by atoms with E-state index in [-0.39, 0.29) is 41.9 Å². The average Bonchev–Trinajstić information content (AvgIpc) is 2.96. The van der Waals surface area contributed by atoms with Gasteiger partial charge in [-0.25, -0.2) is 4.79 Å². The number of nitrogens with zero attached hydrogens (tertiary/aromatic N) is 1. The molecule has 2 fully saturated rings. The molecule has 2 saturated carbocycles. The van der Waals surface area contributed by atoms with Gasteiger partial charge in [0.1, 0.15) is 6.10 Å². The maximum Gasteiger partial charge on any atom is 0.407 e. The van der Waals surface area contributed by atoms with Gasteiger partial charge in [-0.15, -0.1) is 5.92 Å². The second kappa shape index (κ2) is 7.81. The number of aromatic amines is 1. The molecular formula is C19H26N4O3. The number of H-pyrrole nitrogens is 1. The highest BCUT2D eigenvalue weighted by Crippen LogP contribution is 2.39. The number of ether oxygens (including phenoxy) is 1. The standard InChI is InChI=1S/C19H26N4O3/c1-4-5-12-9-15(12)18(24)21-17-10-16(22-23-17)13-6-7-14(8-13)26-19(25)20-11(2)3/h10-15H,6-9H2,1-3H3,(H,20,25)(H2,21,22,23,24)/t12-,13-,14+,15-/m0/s1. The van der Waals surface area contributed by atoms with E-state index in [0.717, 1.165) is 31.4 Å². The summed E-state index contributed by atoms with van der Waals surface area (Å²) < 4.78 is 5.45. The lowest BCUT2D eigenvalue weighted by Crippen LogP contribution is -2.33. The minimum atomic E-state index is -0.364. The van der Waals surface area contributed by atoms with E-state index < -0.39 is 0 Å². The fourth-order valence-corrected chi connectivity index (χ4v) is 3.41. The number of carbonyl (C=O) groups is 2. The smallest absolute Gasteiger partial charge is 0.407 e. The van der Waals surface area contributed by atoms with Crippen molar-refractivity contribution in [3.05, 3.63) is 11.8 Å². The minimum absolute atomic E-state index is 0.0196. The predicted molar refractivity (Wildman–Crippen MR) is 97.4 cm³/mol. The first kappa shape index (κ1) is 18.3. The molecule has 26 heavy (non-hydrogen) atoms. The van der Waals surface area contributed by atoms with Crippen molar-refractivity contribution >= 4 is 17.8 Å². The average molecular weight is 358 g/mol. The second-order valence-corrected chi connectivity index (χ2v) is 7.38. The van der Waals surface area contributed by atoms with E-state index in [0.29, 0.717) is 5.82 Å². The van der Waals surface area contributed by atoms with Gasteiger partial charge in [-0.3, -0.25) is 9.89 Å². The molecule has 0 bridgehead atoms. The SMILES string of the molecule is CC#C[C@H]1C[C@@H]1C(=O)Nc1cc([C@H]2CC[C@@H](OC(=O)NC(C)C)C2)[nH]n1. The van der Waals surface area contributed by atoms with Gasteiger partial charge in [0.05, 0.1) is 5.92 Å². The number of amides is 2. The van der Waals surface area contributed by atoms with Crippen molar-refractivity contribution in [3.8, 4) is 11.8 Å². The molecule has 0 aromatic carbocycles. The van der Waals surface area contributed by atoms with E-state index in [1.165, 1.54) is 0 Å². The molecule has 0 aliphatic heterocycles. The Morgan fingerprint density at radius 1 is 1.35 bits per heavy atom. The Morgan fingerprint density at radius 2 is 2.15 bits per heavy atom. The highest BCUT2D eigenvalue weighted by atomic mass is 16.6. The number of aromatic nitrogens is 2. The molecule has 3 N–H and O–H groups in total. The molecule has 1 aromatic rings. The van der Waals surface area contributed by atoms with Crippen LogP contribution in [0.1, 0.15) is 58.1 Å². The Kier molecular flexibility index (Phi) is 5.50. The summed E-state index contributed by atoms with van der Waals surface area (Å²) in [6, 6.07) is 1.94. The number of alkyl carbamates (subject to hydrolysis) is 1.